The van der Waals surface area contributed by atoms with Crippen LogP contribution in [0.1, 0.15) is 18.4 Å². The number of guanidine groups is 1. The predicted octanol–water partition coefficient (Wildman–Crippen LogP) is 0.968. The summed E-state index contributed by atoms with van der Waals surface area (Å²) in [5.41, 5.74) is 6.41. The second kappa shape index (κ2) is 4.95. The number of nitrogens with two attached hydrogens (primary N) is 1. The van der Waals surface area contributed by atoms with E-state index in [4.69, 9.17) is 10.5 Å². The molecule has 0 heterocycles. The van der Waals surface area contributed by atoms with Crippen LogP contribution >= 0.6 is 0 Å². The fourth-order valence-corrected chi connectivity index (χ4v) is 1.47. The lowest BCUT2D eigenvalue weighted by Crippen LogP contribution is -2.33. The van der Waals surface area contributed by atoms with Crippen molar-refractivity contribution in [2.24, 2.45) is 10.7 Å². The van der Waals surface area contributed by atoms with Crippen LogP contribution in [0.3, 0.4) is 0 Å². The summed E-state index contributed by atoms with van der Waals surface area (Å²) in [6.07, 6.45) is 2.31. The van der Waals surface area contributed by atoms with Gasteiger partial charge in [-0.2, -0.15) is 0 Å². The van der Waals surface area contributed by atoms with Crippen LogP contribution < -0.4 is 15.8 Å². The standard InChI is InChI=1S/C12H17N3O2/c1-17-10-4-5-11(16)8(6-10)7-14-12(13)15-9-2-3-9/h4-6,9,16H,2-3,7H2,1H3,(H3,13,14,15). The largest absolute Gasteiger partial charge is 0.508 e. The fourth-order valence-electron chi connectivity index (χ4n) is 1.47. The molecule has 1 aromatic carbocycles. The highest BCUT2D eigenvalue weighted by molar-refractivity contribution is 5.78. The zero-order valence-corrected chi connectivity index (χ0v) is 9.81. The second-order valence-electron chi connectivity index (χ2n) is 4.11. The van der Waals surface area contributed by atoms with Gasteiger partial charge in [0.2, 0.25) is 0 Å². The van der Waals surface area contributed by atoms with Crippen LogP contribution in [0.25, 0.3) is 0 Å². The van der Waals surface area contributed by atoms with Gasteiger partial charge in [-0.15, -0.1) is 0 Å². The lowest BCUT2D eigenvalue weighted by Gasteiger charge is -2.06. The first-order valence-electron chi connectivity index (χ1n) is 5.61. The number of phenols is 1. The predicted molar refractivity (Wildman–Crippen MR) is 66.1 cm³/mol. The zero-order valence-electron chi connectivity index (χ0n) is 9.81. The number of aliphatic imine (C=N–C) groups is 1. The van der Waals surface area contributed by atoms with Gasteiger partial charge in [0, 0.05) is 11.6 Å². The summed E-state index contributed by atoms with van der Waals surface area (Å²) in [7, 11) is 1.59. The molecule has 92 valence electrons. The van der Waals surface area contributed by atoms with Crippen LogP contribution in [-0.4, -0.2) is 24.2 Å². The molecule has 0 unspecified atom stereocenters. The van der Waals surface area contributed by atoms with Gasteiger partial charge in [-0.3, -0.25) is 0 Å². The van der Waals surface area contributed by atoms with E-state index in [1.54, 1.807) is 25.3 Å². The highest BCUT2D eigenvalue weighted by Gasteiger charge is 2.21. The molecule has 0 saturated heterocycles. The highest BCUT2D eigenvalue weighted by atomic mass is 16.5. The van der Waals surface area contributed by atoms with E-state index in [1.807, 2.05) is 0 Å². The lowest BCUT2D eigenvalue weighted by atomic mass is 10.2. The summed E-state index contributed by atoms with van der Waals surface area (Å²) < 4.78 is 5.08. The van der Waals surface area contributed by atoms with Gasteiger partial charge in [-0.25, -0.2) is 4.99 Å². The van der Waals surface area contributed by atoms with E-state index in [2.05, 4.69) is 10.3 Å². The Bertz CT molecular complexity index is 428. The van der Waals surface area contributed by atoms with Crippen LogP contribution in [0.5, 0.6) is 11.5 Å². The Kier molecular flexibility index (Phi) is 3.37. The number of hydrogen-bond donors (Lipinski definition) is 3. The van der Waals surface area contributed by atoms with Crippen LogP contribution in [0, 0.1) is 0 Å². The molecule has 0 atom stereocenters. The van der Waals surface area contributed by atoms with E-state index in [-0.39, 0.29) is 5.75 Å². The minimum atomic E-state index is 0.203. The molecule has 0 aromatic heterocycles. The van der Waals surface area contributed by atoms with Crippen molar-refractivity contribution in [1.82, 2.24) is 5.32 Å². The molecular weight excluding hydrogens is 218 g/mol. The summed E-state index contributed by atoms with van der Waals surface area (Å²) in [4.78, 5) is 4.18. The Morgan fingerprint density at radius 3 is 3.00 bits per heavy atom. The maximum Gasteiger partial charge on any atom is 0.189 e. The molecule has 5 nitrogen and oxygen atoms in total. The van der Waals surface area contributed by atoms with Crippen molar-refractivity contribution in [2.75, 3.05) is 7.11 Å². The third-order valence-corrected chi connectivity index (χ3v) is 2.64. The van der Waals surface area contributed by atoms with Gasteiger partial charge in [-0.05, 0) is 31.0 Å². The number of phenolic OH excluding ortho intramolecular Hbond substituents is 1. The monoisotopic (exact) mass is 235 g/mol. The maximum atomic E-state index is 9.65. The first-order valence-corrected chi connectivity index (χ1v) is 5.61. The molecule has 0 spiro atoms. The fraction of sp³-hybridized carbons (Fsp3) is 0.417. The summed E-state index contributed by atoms with van der Waals surface area (Å²) in [6, 6.07) is 5.53. The first-order chi connectivity index (χ1) is 8.19. The molecule has 17 heavy (non-hydrogen) atoms. The number of aromatic hydroxyl groups is 1. The first kappa shape index (κ1) is 11.6. The van der Waals surface area contributed by atoms with Crippen molar-refractivity contribution >= 4 is 5.96 Å². The van der Waals surface area contributed by atoms with Gasteiger partial charge in [0.25, 0.3) is 0 Å². The van der Waals surface area contributed by atoms with Crippen LogP contribution in [-0.2, 0) is 6.54 Å². The quantitative estimate of drug-likeness (QED) is 0.536. The Morgan fingerprint density at radius 2 is 2.35 bits per heavy atom. The molecule has 0 bridgehead atoms. The molecule has 1 aliphatic rings. The lowest BCUT2D eigenvalue weighted by molar-refractivity contribution is 0.411. The highest BCUT2D eigenvalue weighted by Crippen LogP contribution is 2.23. The van der Waals surface area contributed by atoms with E-state index in [1.165, 1.54) is 0 Å². The van der Waals surface area contributed by atoms with Gasteiger partial charge in [0.1, 0.15) is 11.5 Å². The van der Waals surface area contributed by atoms with E-state index < -0.39 is 0 Å². The van der Waals surface area contributed by atoms with Crippen molar-refractivity contribution < 1.29 is 9.84 Å². The van der Waals surface area contributed by atoms with Crippen LogP contribution in [0.15, 0.2) is 23.2 Å². The topological polar surface area (TPSA) is 79.9 Å². The molecule has 5 heteroatoms. The molecule has 2 rings (SSSR count). The third kappa shape index (κ3) is 3.27. The number of methoxy groups -OCH3 is 1. The van der Waals surface area contributed by atoms with E-state index >= 15 is 0 Å². The van der Waals surface area contributed by atoms with Gasteiger partial charge >= 0.3 is 0 Å². The van der Waals surface area contributed by atoms with Crippen molar-refractivity contribution in [3.05, 3.63) is 23.8 Å². The molecule has 0 aliphatic heterocycles. The average Bonchev–Trinajstić information content (AvgIpc) is 3.12. The molecule has 0 radical (unpaired) electrons. The SMILES string of the molecule is COc1ccc(O)c(CN=C(N)NC2CC2)c1. The molecule has 0 amide bonds. The molecular formula is C12H17N3O2. The zero-order chi connectivity index (χ0) is 12.3. The van der Waals surface area contributed by atoms with Gasteiger partial charge in [0.05, 0.1) is 13.7 Å². The van der Waals surface area contributed by atoms with E-state index in [0.29, 0.717) is 29.9 Å². The number of benzene rings is 1. The maximum absolute atomic E-state index is 9.65. The van der Waals surface area contributed by atoms with Gasteiger partial charge < -0.3 is 20.9 Å². The van der Waals surface area contributed by atoms with Crippen molar-refractivity contribution in [3.63, 3.8) is 0 Å². The number of ether oxygens (including phenoxy) is 1. The van der Waals surface area contributed by atoms with Gasteiger partial charge in [0.15, 0.2) is 5.96 Å². The Hall–Kier alpha value is -1.91. The Morgan fingerprint density at radius 1 is 1.59 bits per heavy atom. The molecule has 4 N–H and O–H groups in total. The average molecular weight is 235 g/mol. The van der Waals surface area contributed by atoms with Crippen LogP contribution in [0.2, 0.25) is 0 Å². The van der Waals surface area contributed by atoms with Crippen LogP contribution in [0.4, 0.5) is 0 Å². The number of nitrogens with one attached hydrogen (secondary N) is 1. The third-order valence-electron chi connectivity index (χ3n) is 2.64. The smallest absolute Gasteiger partial charge is 0.189 e. The summed E-state index contributed by atoms with van der Waals surface area (Å²) in [6.45, 7) is 0.342. The molecule has 1 aromatic rings. The van der Waals surface area contributed by atoms with Gasteiger partial charge in [-0.1, -0.05) is 0 Å². The van der Waals surface area contributed by atoms with Crippen molar-refractivity contribution in [1.29, 1.82) is 0 Å². The molecule has 1 fully saturated rings. The van der Waals surface area contributed by atoms with E-state index in [9.17, 15) is 5.11 Å². The number of hydrogen-bond acceptors (Lipinski definition) is 3. The number of rotatable bonds is 4. The second-order valence-corrected chi connectivity index (χ2v) is 4.11. The van der Waals surface area contributed by atoms with E-state index in [0.717, 1.165) is 12.8 Å². The Balaban J connectivity index is 2.01. The normalized spacial score (nSPS) is 15.7. The Labute approximate surface area is 100 Å². The molecule has 1 saturated carbocycles. The summed E-state index contributed by atoms with van der Waals surface area (Å²) in [5, 5.41) is 12.7. The minimum absolute atomic E-state index is 0.203. The van der Waals surface area contributed by atoms with Crippen molar-refractivity contribution in [2.45, 2.75) is 25.4 Å². The summed E-state index contributed by atoms with van der Waals surface area (Å²) in [5.74, 6) is 1.32. The minimum Gasteiger partial charge on any atom is -0.508 e. The van der Waals surface area contributed by atoms with Crippen molar-refractivity contribution in [3.8, 4) is 11.5 Å². The molecule has 1 aliphatic carbocycles. The summed E-state index contributed by atoms with van der Waals surface area (Å²) >= 11 is 0. The number of nitrogens with zero attached hydrogens (tertiary/aromatic N) is 1.